The van der Waals surface area contributed by atoms with Crippen molar-refractivity contribution in [3.63, 3.8) is 0 Å². The van der Waals surface area contributed by atoms with Crippen molar-refractivity contribution in [2.24, 2.45) is 0 Å². The predicted molar refractivity (Wildman–Crippen MR) is 94.6 cm³/mol. The first kappa shape index (κ1) is 17.4. The van der Waals surface area contributed by atoms with Crippen molar-refractivity contribution in [2.75, 3.05) is 4.90 Å². The van der Waals surface area contributed by atoms with E-state index in [1.807, 2.05) is 31.2 Å². The Kier molecular flexibility index (Phi) is 6.35. The zero-order chi connectivity index (χ0) is 16.1. The number of amides is 1. The number of carbonyl (C=O) groups excluding carboxylic acids is 1. The van der Waals surface area contributed by atoms with Gasteiger partial charge < -0.3 is 4.90 Å². The van der Waals surface area contributed by atoms with Crippen LogP contribution in [-0.4, -0.2) is 21.5 Å². The summed E-state index contributed by atoms with van der Waals surface area (Å²) in [6.07, 6.45) is 1.43. The van der Waals surface area contributed by atoms with Crippen molar-refractivity contribution in [1.82, 2.24) is 10.2 Å². The highest BCUT2D eigenvalue weighted by molar-refractivity contribution is 9.11. The number of para-hydroxylation sites is 1. The van der Waals surface area contributed by atoms with E-state index in [2.05, 4.69) is 33.1 Å². The zero-order valence-electron chi connectivity index (χ0n) is 12.4. The molecule has 2 aromatic rings. The Bertz CT molecular complexity index is 649. The highest BCUT2D eigenvalue weighted by atomic mass is 79.9. The van der Waals surface area contributed by atoms with Gasteiger partial charge in [-0.1, -0.05) is 43.4 Å². The van der Waals surface area contributed by atoms with Gasteiger partial charge in [0.2, 0.25) is 5.91 Å². The second kappa shape index (κ2) is 8.04. The quantitative estimate of drug-likeness (QED) is 0.672. The number of nitrogens with zero attached hydrogens (tertiary/aromatic N) is 3. The average molecular weight is 403 g/mol. The Hall–Kier alpha value is -0.980. The topological polar surface area (TPSA) is 46.1 Å². The fraction of sp³-hybridized carbons (Fsp3) is 0.400. The van der Waals surface area contributed by atoms with E-state index in [0.29, 0.717) is 16.9 Å². The van der Waals surface area contributed by atoms with Crippen LogP contribution in [-0.2, 0) is 17.8 Å². The molecule has 1 unspecified atom stereocenters. The number of hydrogen-bond acceptors (Lipinski definition) is 4. The Balaban J connectivity index is 2.38. The minimum atomic E-state index is -0.540. The lowest BCUT2D eigenvalue weighted by atomic mass is 10.1. The van der Waals surface area contributed by atoms with Gasteiger partial charge in [-0.2, -0.15) is 0 Å². The molecule has 1 aromatic carbocycles. The third kappa shape index (κ3) is 4.06. The molecule has 22 heavy (non-hydrogen) atoms. The molecule has 0 saturated carbocycles. The number of aryl methyl sites for hydroxylation is 1. The Morgan fingerprint density at radius 2 is 2.09 bits per heavy atom. The van der Waals surface area contributed by atoms with Gasteiger partial charge in [0.1, 0.15) is 10.4 Å². The fourth-order valence-corrected chi connectivity index (χ4v) is 3.44. The van der Waals surface area contributed by atoms with Gasteiger partial charge in [0.15, 0.2) is 3.92 Å². The number of hydrogen-bond donors (Lipinski definition) is 0. The first-order valence-corrected chi connectivity index (χ1v) is 9.12. The molecule has 0 bridgehead atoms. The summed E-state index contributed by atoms with van der Waals surface area (Å²) in [5.74, 6) is -0.101. The first-order valence-electron chi connectivity index (χ1n) is 7.08. The highest BCUT2D eigenvalue weighted by Gasteiger charge is 2.25. The summed E-state index contributed by atoms with van der Waals surface area (Å²) in [6.45, 7) is 4.35. The van der Waals surface area contributed by atoms with Crippen molar-refractivity contribution in [3.05, 3.63) is 38.8 Å². The van der Waals surface area contributed by atoms with E-state index in [1.165, 1.54) is 11.3 Å². The van der Waals surface area contributed by atoms with E-state index in [9.17, 15) is 4.79 Å². The molecule has 0 radical (unpaired) electrons. The summed E-state index contributed by atoms with van der Waals surface area (Å²) in [4.78, 5) is 14.4. The Morgan fingerprint density at radius 1 is 1.36 bits per heavy atom. The molecule has 2 rings (SSSR count). The minimum Gasteiger partial charge on any atom is -0.304 e. The van der Waals surface area contributed by atoms with Crippen LogP contribution in [0, 0.1) is 0 Å². The van der Waals surface area contributed by atoms with Crippen LogP contribution in [0.3, 0.4) is 0 Å². The number of carbonyl (C=O) groups is 1. The third-order valence-electron chi connectivity index (χ3n) is 3.29. The third-order valence-corrected chi connectivity index (χ3v) is 5.13. The van der Waals surface area contributed by atoms with Gasteiger partial charge in [0, 0.05) is 5.69 Å². The molecule has 0 N–H and O–H groups in total. The van der Waals surface area contributed by atoms with Crippen LogP contribution in [0.4, 0.5) is 5.69 Å². The van der Waals surface area contributed by atoms with Crippen molar-refractivity contribution in [1.29, 1.82) is 0 Å². The Morgan fingerprint density at radius 3 is 2.68 bits per heavy atom. The first-order chi connectivity index (χ1) is 10.6. The summed E-state index contributed by atoms with van der Waals surface area (Å²) >= 11 is 10.9. The summed E-state index contributed by atoms with van der Waals surface area (Å²) in [5, 5.41) is 8.26. The molecule has 0 fully saturated rings. The molecular formula is C15H17BrClN3OS. The minimum absolute atomic E-state index is 0.101. The molecule has 118 valence electrons. The second-order valence-electron chi connectivity index (χ2n) is 4.73. The summed E-state index contributed by atoms with van der Waals surface area (Å²) < 4.78 is 0.705. The van der Waals surface area contributed by atoms with Gasteiger partial charge in [-0.3, -0.25) is 4.79 Å². The lowest BCUT2D eigenvalue weighted by molar-refractivity contribution is -0.118. The molecule has 0 saturated heterocycles. The predicted octanol–water partition coefficient (Wildman–Crippen LogP) is 4.41. The van der Waals surface area contributed by atoms with Gasteiger partial charge in [0.05, 0.1) is 6.54 Å². The smallest absolute Gasteiger partial charge is 0.245 e. The molecular weight excluding hydrogens is 386 g/mol. The van der Waals surface area contributed by atoms with Crippen LogP contribution in [0.15, 0.2) is 28.2 Å². The molecule has 1 atom stereocenters. The van der Waals surface area contributed by atoms with Gasteiger partial charge >= 0.3 is 0 Å². The highest BCUT2D eigenvalue weighted by Crippen LogP contribution is 2.27. The number of rotatable bonds is 6. The van der Waals surface area contributed by atoms with Gasteiger partial charge in [-0.15, -0.1) is 21.8 Å². The molecule has 0 aliphatic rings. The SMILES string of the molecule is CCc1ccccc1N(Cc1nnc(Br)s1)C(=O)C(Cl)CC. The molecule has 4 nitrogen and oxygen atoms in total. The van der Waals surface area contributed by atoms with Crippen molar-refractivity contribution in [2.45, 2.75) is 38.6 Å². The van der Waals surface area contributed by atoms with Crippen LogP contribution < -0.4 is 4.90 Å². The van der Waals surface area contributed by atoms with Gasteiger partial charge in [-0.05, 0) is 40.4 Å². The van der Waals surface area contributed by atoms with E-state index in [-0.39, 0.29) is 5.91 Å². The van der Waals surface area contributed by atoms with Crippen LogP contribution in [0.5, 0.6) is 0 Å². The molecule has 0 aliphatic heterocycles. The van der Waals surface area contributed by atoms with Crippen molar-refractivity contribution in [3.8, 4) is 0 Å². The summed E-state index contributed by atoms with van der Waals surface area (Å²) in [6, 6.07) is 7.89. The van der Waals surface area contributed by atoms with Gasteiger partial charge in [0.25, 0.3) is 0 Å². The molecule has 0 spiro atoms. The normalized spacial score (nSPS) is 12.2. The van der Waals surface area contributed by atoms with Crippen LogP contribution in [0.1, 0.15) is 30.8 Å². The van der Waals surface area contributed by atoms with E-state index >= 15 is 0 Å². The largest absolute Gasteiger partial charge is 0.304 e. The zero-order valence-corrected chi connectivity index (χ0v) is 15.6. The van der Waals surface area contributed by atoms with E-state index in [1.54, 1.807) is 4.90 Å². The lowest BCUT2D eigenvalue weighted by Crippen LogP contribution is -2.36. The van der Waals surface area contributed by atoms with Crippen LogP contribution in [0.2, 0.25) is 0 Å². The van der Waals surface area contributed by atoms with Crippen molar-refractivity contribution < 1.29 is 4.79 Å². The maximum atomic E-state index is 12.7. The van der Waals surface area contributed by atoms with Crippen molar-refractivity contribution >= 4 is 50.5 Å². The Labute approximate surface area is 147 Å². The lowest BCUT2D eigenvalue weighted by Gasteiger charge is -2.25. The van der Waals surface area contributed by atoms with Crippen LogP contribution in [0.25, 0.3) is 0 Å². The van der Waals surface area contributed by atoms with Gasteiger partial charge in [-0.25, -0.2) is 0 Å². The number of halogens is 2. The average Bonchev–Trinajstić information content (AvgIpc) is 2.96. The number of alkyl halides is 1. The monoisotopic (exact) mass is 401 g/mol. The number of benzene rings is 1. The molecule has 1 amide bonds. The second-order valence-corrected chi connectivity index (χ2v) is 7.60. The maximum Gasteiger partial charge on any atom is 0.245 e. The molecule has 1 aromatic heterocycles. The molecule has 0 aliphatic carbocycles. The summed E-state index contributed by atoms with van der Waals surface area (Å²) in [5.41, 5.74) is 2.00. The molecule has 1 heterocycles. The number of anilines is 1. The number of aromatic nitrogens is 2. The fourth-order valence-electron chi connectivity index (χ4n) is 2.13. The van der Waals surface area contributed by atoms with Crippen LogP contribution >= 0.6 is 38.9 Å². The standard InChI is InChI=1S/C15H17BrClN3OS/c1-3-10-7-5-6-8-12(10)20(14(21)11(17)4-2)9-13-18-19-15(16)22-13/h5-8,11H,3-4,9H2,1-2H3. The molecule has 7 heteroatoms. The maximum absolute atomic E-state index is 12.7. The van der Waals surface area contributed by atoms with E-state index < -0.39 is 5.38 Å². The van der Waals surface area contributed by atoms with E-state index in [0.717, 1.165) is 22.7 Å². The summed E-state index contributed by atoms with van der Waals surface area (Å²) in [7, 11) is 0. The van der Waals surface area contributed by atoms with E-state index in [4.69, 9.17) is 11.6 Å².